The number of carbonyl (C=O) groups excluding carboxylic acids is 2. The van der Waals surface area contributed by atoms with Crippen molar-refractivity contribution < 1.29 is 24.2 Å². The molecule has 0 aromatic carbocycles. The second-order valence-electron chi connectivity index (χ2n) is 16.4. The van der Waals surface area contributed by atoms with E-state index in [1.807, 2.05) is 17.1 Å². The van der Waals surface area contributed by atoms with Gasteiger partial charge in [-0.3, -0.25) is 23.9 Å². The van der Waals surface area contributed by atoms with Gasteiger partial charge in [0, 0.05) is 55.6 Å². The molecule has 0 aliphatic carbocycles. The summed E-state index contributed by atoms with van der Waals surface area (Å²) in [5, 5.41) is 22.1. The highest BCUT2D eigenvalue weighted by molar-refractivity contribution is 5.73. The molecule has 0 fully saturated rings. The number of carbonyl (C=O) groups is 2. The van der Waals surface area contributed by atoms with Gasteiger partial charge in [0.2, 0.25) is 0 Å². The molecule has 12 nitrogen and oxygen atoms in total. The number of aromatic hydroxyl groups is 1. The molecule has 0 amide bonds. The quantitative estimate of drug-likeness (QED) is 0.163. The first-order chi connectivity index (χ1) is 22.8. The molecule has 3 aromatic rings. The van der Waals surface area contributed by atoms with Crippen molar-refractivity contribution in [1.82, 2.24) is 35.0 Å². The lowest BCUT2D eigenvalue weighted by Gasteiger charge is -2.20. The van der Waals surface area contributed by atoms with Crippen LogP contribution in [0.15, 0.2) is 18.6 Å². The zero-order valence-electron chi connectivity index (χ0n) is 31.9. The molecule has 3 heterocycles. The molecule has 0 saturated carbocycles. The summed E-state index contributed by atoms with van der Waals surface area (Å²) in [6.07, 6.45) is 7.36. The summed E-state index contributed by atoms with van der Waals surface area (Å²) in [6, 6.07) is 0. The summed E-state index contributed by atoms with van der Waals surface area (Å²) < 4.78 is 23.0. The summed E-state index contributed by atoms with van der Waals surface area (Å²) >= 11 is 0. The molecule has 0 aliphatic rings. The molecule has 3 aromatic heterocycles. The van der Waals surface area contributed by atoms with Crippen LogP contribution in [0.4, 0.5) is 0 Å². The number of aromatic nitrogens is 7. The van der Waals surface area contributed by atoms with E-state index in [0.29, 0.717) is 55.6 Å². The molecule has 266 valence electrons. The van der Waals surface area contributed by atoms with Crippen molar-refractivity contribution in [3.63, 3.8) is 0 Å². The maximum atomic E-state index is 13.5. The molecule has 1 N–H and O–H groups in total. The molecular weight excluding hydrogens is 610 g/mol. The van der Waals surface area contributed by atoms with E-state index < -0.39 is 11.8 Å². The Bertz CT molecular complexity index is 1520. The van der Waals surface area contributed by atoms with E-state index in [1.165, 1.54) is 0 Å². The fraction of sp³-hybridized carbons (Fsp3) is 0.694. The molecule has 3 rings (SSSR count). The van der Waals surface area contributed by atoms with E-state index in [9.17, 15) is 9.59 Å². The monoisotopic (exact) mass is 668 g/mol. The minimum Gasteiger partial charge on any atom is -0.506 e. The molecule has 0 saturated heterocycles. The van der Waals surface area contributed by atoms with Crippen LogP contribution in [0.25, 0.3) is 0 Å². The Balaban J connectivity index is 1.74. The molecular formula is C36H57N7O5. The van der Waals surface area contributed by atoms with Crippen molar-refractivity contribution >= 4 is 11.9 Å². The second kappa shape index (κ2) is 16.5. The van der Waals surface area contributed by atoms with Crippen LogP contribution in [0, 0.1) is 41.4 Å². The van der Waals surface area contributed by atoms with E-state index in [2.05, 4.69) is 94.8 Å². The van der Waals surface area contributed by atoms with E-state index in [0.717, 1.165) is 11.4 Å². The van der Waals surface area contributed by atoms with E-state index in [4.69, 9.17) is 16.0 Å². The lowest BCUT2D eigenvalue weighted by atomic mass is 9.93. The number of aryl methyl sites for hydroxylation is 1. The Morgan fingerprint density at radius 1 is 0.812 bits per heavy atom. The van der Waals surface area contributed by atoms with E-state index in [-0.39, 0.29) is 53.6 Å². The first-order valence-corrected chi connectivity index (χ1v) is 17.0. The highest BCUT2D eigenvalue weighted by Crippen LogP contribution is 2.28. The van der Waals surface area contributed by atoms with E-state index >= 15 is 0 Å². The van der Waals surface area contributed by atoms with Gasteiger partial charge < -0.3 is 14.6 Å². The Kier molecular flexibility index (Phi) is 12.7. The predicted octanol–water partition coefficient (Wildman–Crippen LogP) is 6.27. The van der Waals surface area contributed by atoms with Crippen molar-refractivity contribution in [1.29, 1.82) is 1.43 Å². The van der Waals surface area contributed by atoms with Crippen molar-refractivity contribution in [3.05, 3.63) is 46.8 Å². The average molecular weight is 669 g/mol. The van der Waals surface area contributed by atoms with Crippen LogP contribution in [0.2, 0.25) is 0 Å². The number of esters is 2. The number of hydrogen-bond acceptors (Lipinski definition) is 10. The third-order valence-corrected chi connectivity index (χ3v) is 7.67. The fourth-order valence-corrected chi connectivity index (χ4v) is 5.65. The van der Waals surface area contributed by atoms with Crippen molar-refractivity contribution in [3.8, 4) is 5.75 Å². The van der Waals surface area contributed by atoms with Crippen LogP contribution >= 0.6 is 0 Å². The van der Waals surface area contributed by atoms with Gasteiger partial charge in [0.05, 0.1) is 28.9 Å². The number of hydrogen-bond donors (Lipinski definition) is 1. The summed E-state index contributed by atoms with van der Waals surface area (Å²) in [6.45, 7) is 23.9. The zero-order chi connectivity index (χ0) is 36.5. The lowest BCUT2D eigenvalue weighted by molar-refractivity contribution is -0.152. The molecule has 0 aliphatic heterocycles. The van der Waals surface area contributed by atoms with Crippen LogP contribution in [-0.2, 0) is 58.2 Å². The SMILES string of the molecule is [2H]Oc1c(C)ncc(COC(=O)C(Cc2cn(CC(C)(C)C)nn2)CC(C)C)c1COC(=O)C(Cc1cn(CC(C)(C)C)nn1)CC(C)C. The summed E-state index contributed by atoms with van der Waals surface area (Å²) in [4.78, 5) is 31.3. The van der Waals surface area contributed by atoms with Crippen LogP contribution < -0.4 is 0 Å². The van der Waals surface area contributed by atoms with Crippen LogP contribution in [0.1, 0.15) is 110 Å². The van der Waals surface area contributed by atoms with Gasteiger partial charge in [-0.25, -0.2) is 0 Å². The molecule has 0 spiro atoms. The van der Waals surface area contributed by atoms with E-state index in [1.54, 1.807) is 17.8 Å². The van der Waals surface area contributed by atoms with Crippen molar-refractivity contribution in [2.75, 3.05) is 0 Å². The minimum atomic E-state index is -0.442. The fourth-order valence-electron chi connectivity index (χ4n) is 5.65. The first-order valence-electron chi connectivity index (χ1n) is 17.5. The summed E-state index contributed by atoms with van der Waals surface area (Å²) in [7, 11) is 0. The van der Waals surface area contributed by atoms with Gasteiger partial charge in [-0.2, -0.15) is 0 Å². The Labute approximate surface area is 287 Å². The highest BCUT2D eigenvalue weighted by Gasteiger charge is 2.27. The van der Waals surface area contributed by atoms with Gasteiger partial charge in [-0.05, 0) is 42.4 Å². The first kappa shape index (κ1) is 37.0. The number of rotatable bonds is 17. The van der Waals surface area contributed by atoms with Gasteiger partial charge in [-0.1, -0.05) is 79.7 Å². The van der Waals surface area contributed by atoms with Gasteiger partial charge in [-0.15, -0.1) is 10.2 Å². The normalized spacial score (nSPS) is 13.8. The lowest BCUT2D eigenvalue weighted by Crippen LogP contribution is -2.23. The van der Waals surface area contributed by atoms with Gasteiger partial charge in [0.15, 0.2) is 0 Å². The molecule has 12 heteroatoms. The number of ether oxygens (including phenoxy) is 2. The largest absolute Gasteiger partial charge is 0.506 e. The molecule has 0 bridgehead atoms. The maximum Gasteiger partial charge on any atom is 0.309 e. The van der Waals surface area contributed by atoms with Gasteiger partial charge in [0.25, 0.3) is 1.43 Å². The van der Waals surface area contributed by atoms with Gasteiger partial charge in [0.1, 0.15) is 19.0 Å². The molecule has 48 heavy (non-hydrogen) atoms. The van der Waals surface area contributed by atoms with Crippen molar-refractivity contribution in [2.45, 2.75) is 128 Å². The summed E-state index contributed by atoms with van der Waals surface area (Å²) in [5.74, 6) is -0.956. The molecule has 0 radical (unpaired) electrons. The smallest absolute Gasteiger partial charge is 0.309 e. The highest BCUT2D eigenvalue weighted by atomic mass is 16.5. The molecule has 2 unspecified atom stereocenters. The third kappa shape index (κ3) is 12.6. The third-order valence-electron chi connectivity index (χ3n) is 7.67. The van der Waals surface area contributed by atoms with Gasteiger partial charge >= 0.3 is 11.9 Å². The Hall–Kier alpha value is -3.83. The Morgan fingerprint density at radius 3 is 1.69 bits per heavy atom. The minimum absolute atomic E-state index is 0.0380. The standard InChI is InChI=1S/C36H57N7O5/c1-23(2)12-26(14-29-17-42(40-38-29)21-35(6,7)8)33(45)47-19-28-16-37-25(5)32(44)31(28)20-48-34(46)27(13-24(3)4)15-30-18-43(41-39-30)22-36(9,10)11/h16-18,23-24,26-27,44H,12-15,19-22H2,1-11H3/i/hD. The average Bonchev–Trinajstić information content (AvgIpc) is 3.60. The molecule has 2 atom stereocenters. The Morgan fingerprint density at radius 2 is 1.27 bits per heavy atom. The van der Waals surface area contributed by atoms with Crippen LogP contribution in [0.3, 0.4) is 0 Å². The van der Waals surface area contributed by atoms with Crippen LogP contribution in [-0.4, -0.2) is 53.5 Å². The number of nitrogens with zero attached hydrogens (tertiary/aromatic N) is 7. The second-order valence-corrected chi connectivity index (χ2v) is 16.4. The topological polar surface area (TPSA) is 147 Å². The number of pyridine rings is 1. The van der Waals surface area contributed by atoms with Crippen LogP contribution in [0.5, 0.6) is 5.75 Å². The zero-order valence-corrected chi connectivity index (χ0v) is 30.9. The summed E-state index contributed by atoms with van der Waals surface area (Å²) in [5.41, 5.74) is 2.93. The predicted molar refractivity (Wildman–Crippen MR) is 182 cm³/mol. The van der Waals surface area contributed by atoms with Crippen molar-refractivity contribution in [2.24, 2.45) is 34.5 Å². The maximum absolute atomic E-state index is 13.5.